The average Bonchev–Trinajstić information content (AvgIpc) is 3.60. The molecule has 34 heavy (non-hydrogen) atoms. The zero-order chi connectivity index (χ0) is 22.9. The number of hydrogen-bond acceptors (Lipinski definition) is 7. The number of aromatic nitrogens is 3. The maximum Gasteiger partial charge on any atom is 0.251 e. The normalized spacial score (nSPS) is 18.5. The fourth-order valence-electron chi connectivity index (χ4n) is 4.72. The first kappa shape index (κ1) is 21.2. The van der Waals surface area contributed by atoms with E-state index < -0.39 is 0 Å². The van der Waals surface area contributed by atoms with Gasteiger partial charge in [-0.1, -0.05) is 30.3 Å². The van der Waals surface area contributed by atoms with Crippen LogP contribution in [0.4, 0.5) is 5.82 Å². The molecule has 1 aromatic carbocycles. The maximum absolute atomic E-state index is 12.8. The first-order chi connectivity index (χ1) is 16.8. The number of ether oxygens (including phenoxy) is 1. The minimum atomic E-state index is -0.268. The third-order valence-corrected chi connectivity index (χ3v) is 7.39. The summed E-state index contributed by atoms with van der Waals surface area (Å²) in [7, 11) is 0. The van der Waals surface area contributed by atoms with Crippen molar-refractivity contribution in [1.29, 1.82) is 0 Å². The van der Waals surface area contributed by atoms with E-state index >= 15 is 0 Å². The van der Waals surface area contributed by atoms with Crippen LogP contribution in [0.25, 0.3) is 32.7 Å². The minimum Gasteiger partial charge on any atom is -0.368 e. The summed E-state index contributed by atoms with van der Waals surface area (Å²) in [5.74, 6) is 1.73. The molecule has 6 rings (SSSR count). The van der Waals surface area contributed by atoms with Crippen LogP contribution in [-0.4, -0.2) is 64.6 Å². The summed E-state index contributed by atoms with van der Waals surface area (Å²) >= 11 is 1.64. The number of carbonyl (C=O) groups excluding carboxylic acids is 1. The van der Waals surface area contributed by atoms with Crippen LogP contribution in [0.15, 0.2) is 60.2 Å². The zero-order valence-corrected chi connectivity index (χ0v) is 19.6. The van der Waals surface area contributed by atoms with Gasteiger partial charge in [-0.05, 0) is 30.5 Å². The highest BCUT2D eigenvalue weighted by Crippen LogP contribution is 2.39. The van der Waals surface area contributed by atoms with Crippen molar-refractivity contribution in [3.8, 4) is 22.5 Å². The second-order valence-electron chi connectivity index (χ2n) is 8.62. The molecule has 2 aliphatic rings. The van der Waals surface area contributed by atoms with E-state index in [9.17, 15) is 4.79 Å². The number of pyridine rings is 1. The number of benzene rings is 1. The summed E-state index contributed by atoms with van der Waals surface area (Å²) in [4.78, 5) is 32.3. The van der Waals surface area contributed by atoms with Gasteiger partial charge in [0.15, 0.2) is 5.82 Å². The van der Waals surface area contributed by atoms with Gasteiger partial charge < -0.3 is 14.5 Å². The molecule has 0 N–H and O–H groups in total. The molecule has 2 saturated heterocycles. The lowest BCUT2D eigenvalue weighted by molar-refractivity contribution is -0.141. The quantitative estimate of drug-likeness (QED) is 0.443. The lowest BCUT2D eigenvalue weighted by atomic mass is 10.1. The molecule has 172 valence electrons. The molecule has 1 amide bonds. The number of piperazine rings is 1. The summed E-state index contributed by atoms with van der Waals surface area (Å²) in [5.41, 5.74) is 3.19. The zero-order valence-electron chi connectivity index (χ0n) is 18.8. The van der Waals surface area contributed by atoms with E-state index in [0.717, 1.165) is 58.7 Å². The highest BCUT2D eigenvalue weighted by molar-refractivity contribution is 7.17. The van der Waals surface area contributed by atoms with Crippen LogP contribution >= 0.6 is 11.3 Å². The van der Waals surface area contributed by atoms with E-state index in [1.807, 2.05) is 23.1 Å². The van der Waals surface area contributed by atoms with Crippen LogP contribution in [0, 0.1) is 0 Å². The first-order valence-corrected chi connectivity index (χ1v) is 12.6. The summed E-state index contributed by atoms with van der Waals surface area (Å²) in [6.07, 6.45) is 5.08. The van der Waals surface area contributed by atoms with Gasteiger partial charge in [0.2, 0.25) is 0 Å². The van der Waals surface area contributed by atoms with E-state index in [1.54, 1.807) is 23.7 Å². The Labute approximate surface area is 202 Å². The number of fused-ring (bicyclic) bond motifs is 1. The molecule has 2 fully saturated rings. The summed E-state index contributed by atoms with van der Waals surface area (Å²) in [6, 6.07) is 14.3. The predicted molar refractivity (Wildman–Crippen MR) is 134 cm³/mol. The largest absolute Gasteiger partial charge is 0.368 e. The Morgan fingerprint density at radius 1 is 1.00 bits per heavy atom. The van der Waals surface area contributed by atoms with Crippen molar-refractivity contribution < 1.29 is 9.53 Å². The highest BCUT2D eigenvalue weighted by Gasteiger charge is 2.31. The Balaban J connectivity index is 1.37. The molecule has 3 aromatic heterocycles. The molecule has 0 aliphatic carbocycles. The van der Waals surface area contributed by atoms with Crippen molar-refractivity contribution in [3.05, 3.63) is 60.2 Å². The summed E-state index contributed by atoms with van der Waals surface area (Å²) < 4.78 is 5.63. The van der Waals surface area contributed by atoms with Crippen molar-refractivity contribution >= 4 is 33.3 Å². The maximum atomic E-state index is 12.8. The van der Waals surface area contributed by atoms with Crippen LogP contribution in [0.5, 0.6) is 0 Å². The molecule has 7 nitrogen and oxygen atoms in total. The van der Waals surface area contributed by atoms with Crippen LogP contribution in [0.2, 0.25) is 0 Å². The predicted octanol–water partition coefficient (Wildman–Crippen LogP) is 4.25. The van der Waals surface area contributed by atoms with Crippen LogP contribution < -0.4 is 4.90 Å². The lowest BCUT2D eigenvalue weighted by Gasteiger charge is -2.36. The van der Waals surface area contributed by atoms with Gasteiger partial charge in [-0.3, -0.25) is 9.78 Å². The smallest absolute Gasteiger partial charge is 0.251 e. The van der Waals surface area contributed by atoms with Crippen LogP contribution in [0.3, 0.4) is 0 Å². The van der Waals surface area contributed by atoms with Crippen LogP contribution in [-0.2, 0) is 9.53 Å². The summed E-state index contributed by atoms with van der Waals surface area (Å²) in [6.45, 7) is 3.46. The van der Waals surface area contributed by atoms with Crippen molar-refractivity contribution in [2.45, 2.75) is 18.9 Å². The molecule has 0 radical (unpaired) electrons. The van der Waals surface area contributed by atoms with Gasteiger partial charge in [0.25, 0.3) is 5.91 Å². The summed E-state index contributed by atoms with van der Waals surface area (Å²) in [5, 5.41) is 3.24. The van der Waals surface area contributed by atoms with E-state index in [0.29, 0.717) is 25.5 Å². The van der Waals surface area contributed by atoms with E-state index in [-0.39, 0.29) is 12.0 Å². The number of nitrogens with zero attached hydrogens (tertiary/aromatic N) is 5. The van der Waals surface area contributed by atoms with Crippen molar-refractivity contribution in [2.75, 3.05) is 37.7 Å². The Hall–Kier alpha value is -3.36. The Morgan fingerprint density at radius 3 is 2.56 bits per heavy atom. The van der Waals surface area contributed by atoms with Gasteiger partial charge in [-0.2, -0.15) is 0 Å². The van der Waals surface area contributed by atoms with Crippen molar-refractivity contribution in [1.82, 2.24) is 19.9 Å². The molecule has 8 heteroatoms. The van der Waals surface area contributed by atoms with Crippen LogP contribution in [0.1, 0.15) is 12.8 Å². The minimum absolute atomic E-state index is 0.126. The van der Waals surface area contributed by atoms with Gasteiger partial charge in [-0.15, -0.1) is 11.3 Å². The van der Waals surface area contributed by atoms with Gasteiger partial charge in [0.1, 0.15) is 16.8 Å². The number of thiophene rings is 1. The second kappa shape index (κ2) is 9.12. The molecular formula is C26H25N5O2S. The standard InChI is InChI=1S/C26H25N5O2S/c32-26(21-9-5-15-33-21)31-13-11-30(12-14-31)24-22-20(18-6-2-1-3-7-18)17-34-25(22)29-23(28-24)19-8-4-10-27-16-19/h1-4,6-8,10,16-17,21H,5,9,11-15H2/t21-/m1/s1. The van der Waals surface area contributed by atoms with E-state index in [2.05, 4.69) is 39.5 Å². The van der Waals surface area contributed by atoms with E-state index in [1.165, 1.54) is 0 Å². The number of rotatable bonds is 4. The molecule has 4 aromatic rings. The van der Waals surface area contributed by atoms with E-state index in [4.69, 9.17) is 14.7 Å². The molecule has 1 atom stereocenters. The number of carbonyl (C=O) groups is 1. The Kier molecular flexibility index (Phi) is 5.68. The third kappa shape index (κ3) is 3.93. The second-order valence-corrected chi connectivity index (χ2v) is 9.48. The van der Waals surface area contributed by atoms with Crippen molar-refractivity contribution in [3.63, 3.8) is 0 Å². The topological polar surface area (TPSA) is 71.5 Å². The number of anilines is 1. The number of amides is 1. The third-order valence-electron chi connectivity index (χ3n) is 6.51. The monoisotopic (exact) mass is 471 g/mol. The fraction of sp³-hybridized carbons (Fsp3) is 0.308. The molecule has 0 spiro atoms. The SMILES string of the molecule is O=C([C@H]1CCCO1)N1CCN(c2nc(-c3cccnc3)nc3scc(-c4ccccc4)c23)CC1. The average molecular weight is 472 g/mol. The van der Waals surface area contributed by atoms with Gasteiger partial charge in [-0.25, -0.2) is 9.97 Å². The lowest BCUT2D eigenvalue weighted by Crippen LogP contribution is -2.51. The fourth-order valence-corrected chi connectivity index (χ4v) is 5.66. The molecule has 0 unspecified atom stereocenters. The van der Waals surface area contributed by atoms with Gasteiger partial charge >= 0.3 is 0 Å². The Morgan fingerprint density at radius 2 is 1.82 bits per heavy atom. The van der Waals surface area contributed by atoms with Gasteiger partial charge in [0.05, 0.1) is 5.39 Å². The molecule has 2 aliphatic heterocycles. The molecule has 0 saturated carbocycles. The number of hydrogen-bond donors (Lipinski definition) is 0. The highest BCUT2D eigenvalue weighted by atomic mass is 32.1. The molecule has 5 heterocycles. The molecular weight excluding hydrogens is 446 g/mol. The van der Waals surface area contributed by atoms with Gasteiger partial charge in [0, 0.05) is 61.7 Å². The molecule has 0 bridgehead atoms. The van der Waals surface area contributed by atoms with Crippen molar-refractivity contribution in [2.24, 2.45) is 0 Å². The first-order valence-electron chi connectivity index (χ1n) is 11.7. The Bertz CT molecular complexity index is 1300.